The van der Waals surface area contributed by atoms with Crippen LogP contribution in [0.25, 0.3) is 11.3 Å². The monoisotopic (exact) mass is 382 g/mol. The Hall–Kier alpha value is -4.01. The highest BCUT2D eigenvalue weighted by atomic mass is 19.1. The summed E-state index contributed by atoms with van der Waals surface area (Å²) < 4.78 is 18.1. The van der Waals surface area contributed by atoms with Crippen molar-refractivity contribution in [3.63, 3.8) is 0 Å². The average molecular weight is 382 g/mol. The molecule has 0 atom stereocenters. The van der Waals surface area contributed by atoms with Crippen LogP contribution in [-0.4, -0.2) is 40.0 Å². The number of aromatic amines is 1. The topological polar surface area (TPSA) is 117 Å². The maximum atomic E-state index is 13.0. The van der Waals surface area contributed by atoms with E-state index in [4.69, 9.17) is 9.84 Å². The summed E-state index contributed by atoms with van der Waals surface area (Å²) in [5, 5.41) is 19.2. The van der Waals surface area contributed by atoms with E-state index in [2.05, 4.69) is 20.7 Å². The first kappa shape index (κ1) is 18.8. The number of carboxylic acid groups (broad SMARTS) is 1. The number of carbonyl (C=O) groups is 2. The van der Waals surface area contributed by atoms with Crippen molar-refractivity contribution in [3.05, 3.63) is 71.7 Å². The van der Waals surface area contributed by atoms with Gasteiger partial charge in [0.25, 0.3) is 5.91 Å². The lowest BCUT2D eigenvalue weighted by Crippen LogP contribution is -2.18. The molecule has 1 amide bonds. The lowest BCUT2D eigenvalue weighted by Gasteiger charge is -2.06. The van der Waals surface area contributed by atoms with Crippen LogP contribution in [0, 0.1) is 5.82 Å². The Balaban J connectivity index is 1.65. The van der Waals surface area contributed by atoms with Gasteiger partial charge in [-0.1, -0.05) is 12.1 Å². The molecule has 0 aliphatic rings. The molecule has 9 heteroatoms. The van der Waals surface area contributed by atoms with Crippen LogP contribution in [0.5, 0.6) is 5.75 Å². The first-order chi connectivity index (χ1) is 13.5. The van der Waals surface area contributed by atoms with E-state index < -0.39 is 18.5 Å². The number of carbonyl (C=O) groups excluding carboxylic acids is 1. The maximum absolute atomic E-state index is 13.0. The van der Waals surface area contributed by atoms with Crippen LogP contribution in [0.15, 0.2) is 59.7 Å². The van der Waals surface area contributed by atoms with Crippen molar-refractivity contribution in [1.29, 1.82) is 0 Å². The summed E-state index contributed by atoms with van der Waals surface area (Å²) in [5.74, 6) is -1.67. The van der Waals surface area contributed by atoms with E-state index in [1.54, 1.807) is 36.4 Å². The summed E-state index contributed by atoms with van der Waals surface area (Å²) in [6.07, 6.45) is 1.34. The van der Waals surface area contributed by atoms with E-state index >= 15 is 0 Å². The van der Waals surface area contributed by atoms with Crippen molar-refractivity contribution in [3.8, 4) is 17.0 Å². The molecule has 0 radical (unpaired) electrons. The van der Waals surface area contributed by atoms with Crippen molar-refractivity contribution < 1.29 is 23.8 Å². The SMILES string of the molecule is O=C(O)COc1ccccc1C=NNC(=O)c1cc(-c2ccc(F)cc2)n[nH]1. The maximum Gasteiger partial charge on any atom is 0.341 e. The quantitative estimate of drug-likeness (QED) is 0.429. The summed E-state index contributed by atoms with van der Waals surface area (Å²) in [4.78, 5) is 22.8. The van der Waals surface area contributed by atoms with Crippen LogP contribution in [0.2, 0.25) is 0 Å². The molecule has 0 saturated carbocycles. The number of aliphatic carboxylic acids is 1. The van der Waals surface area contributed by atoms with Crippen molar-refractivity contribution in [2.24, 2.45) is 5.10 Å². The molecule has 3 aromatic rings. The number of nitrogens with zero attached hydrogens (tertiary/aromatic N) is 2. The molecule has 0 aliphatic heterocycles. The Morgan fingerprint density at radius 1 is 1.21 bits per heavy atom. The van der Waals surface area contributed by atoms with E-state index in [1.165, 1.54) is 24.4 Å². The largest absolute Gasteiger partial charge is 0.481 e. The normalized spacial score (nSPS) is 10.8. The molecule has 0 aliphatic carbocycles. The highest BCUT2D eigenvalue weighted by molar-refractivity contribution is 5.94. The minimum atomic E-state index is -1.10. The number of H-pyrrole nitrogens is 1. The molecule has 0 unspecified atom stereocenters. The fraction of sp³-hybridized carbons (Fsp3) is 0.0526. The van der Waals surface area contributed by atoms with Gasteiger partial charge in [-0.2, -0.15) is 10.2 Å². The minimum Gasteiger partial charge on any atom is -0.481 e. The Labute approximate surface area is 158 Å². The van der Waals surface area contributed by atoms with Gasteiger partial charge in [-0.3, -0.25) is 9.89 Å². The lowest BCUT2D eigenvalue weighted by atomic mass is 10.1. The number of hydrogen-bond acceptors (Lipinski definition) is 5. The van der Waals surface area contributed by atoms with Crippen LogP contribution in [0.1, 0.15) is 16.1 Å². The van der Waals surface area contributed by atoms with Gasteiger partial charge in [0.05, 0.1) is 11.9 Å². The predicted octanol–water partition coefficient (Wildman–Crippen LogP) is 2.44. The Morgan fingerprint density at radius 3 is 2.71 bits per heavy atom. The summed E-state index contributed by atoms with van der Waals surface area (Å²) in [5.41, 5.74) is 4.16. The van der Waals surface area contributed by atoms with Gasteiger partial charge in [0.1, 0.15) is 17.3 Å². The minimum absolute atomic E-state index is 0.173. The predicted molar refractivity (Wildman–Crippen MR) is 98.6 cm³/mol. The third-order valence-electron chi connectivity index (χ3n) is 3.60. The van der Waals surface area contributed by atoms with Gasteiger partial charge in [0.15, 0.2) is 6.61 Å². The smallest absolute Gasteiger partial charge is 0.341 e. The molecular formula is C19H15FN4O4. The number of rotatable bonds is 7. The zero-order chi connectivity index (χ0) is 19.9. The van der Waals surface area contributed by atoms with Gasteiger partial charge >= 0.3 is 5.97 Å². The number of hydrogen-bond donors (Lipinski definition) is 3. The number of carboxylic acids is 1. The average Bonchev–Trinajstić information content (AvgIpc) is 3.18. The number of nitrogens with one attached hydrogen (secondary N) is 2. The highest BCUT2D eigenvalue weighted by Gasteiger charge is 2.10. The Kier molecular flexibility index (Phi) is 5.75. The van der Waals surface area contributed by atoms with Gasteiger partial charge < -0.3 is 9.84 Å². The second-order valence-electron chi connectivity index (χ2n) is 5.59. The van der Waals surface area contributed by atoms with E-state index in [0.717, 1.165) is 0 Å². The molecule has 2 aromatic carbocycles. The van der Waals surface area contributed by atoms with E-state index in [9.17, 15) is 14.0 Å². The first-order valence-corrected chi connectivity index (χ1v) is 8.11. The Bertz CT molecular complexity index is 1010. The molecule has 0 saturated heterocycles. The summed E-state index contributed by atoms with van der Waals surface area (Å²) >= 11 is 0. The molecule has 142 valence electrons. The lowest BCUT2D eigenvalue weighted by molar-refractivity contribution is -0.139. The number of hydrazone groups is 1. The fourth-order valence-electron chi connectivity index (χ4n) is 2.29. The van der Waals surface area contributed by atoms with Crippen molar-refractivity contribution >= 4 is 18.1 Å². The summed E-state index contributed by atoms with van der Waals surface area (Å²) in [6, 6.07) is 13.9. The van der Waals surface area contributed by atoms with Crippen LogP contribution >= 0.6 is 0 Å². The number of para-hydroxylation sites is 1. The number of halogens is 1. The first-order valence-electron chi connectivity index (χ1n) is 8.11. The van der Waals surface area contributed by atoms with E-state index in [-0.39, 0.29) is 11.5 Å². The van der Waals surface area contributed by atoms with Gasteiger partial charge in [0, 0.05) is 11.1 Å². The zero-order valence-electron chi connectivity index (χ0n) is 14.4. The molecule has 8 nitrogen and oxygen atoms in total. The standard InChI is InChI=1S/C19H15FN4O4/c20-14-7-5-12(6-8-14)15-9-16(23-22-15)19(27)24-21-10-13-3-1-2-4-17(13)28-11-18(25)26/h1-10H,11H2,(H,22,23)(H,24,27)(H,25,26). The third-order valence-corrected chi connectivity index (χ3v) is 3.60. The molecule has 3 N–H and O–H groups in total. The Morgan fingerprint density at radius 2 is 1.96 bits per heavy atom. The van der Waals surface area contributed by atoms with Crippen LogP contribution in [0.3, 0.4) is 0 Å². The number of amides is 1. The molecule has 1 heterocycles. The number of ether oxygens (including phenoxy) is 1. The third kappa shape index (κ3) is 4.79. The second-order valence-corrected chi connectivity index (χ2v) is 5.59. The molecule has 0 fully saturated rings. The van der Waals surface area contributed by atoms with Crippen LogP contribution in [0.4, 0.5) is 4.39 Å². The van der Waals surface area contributed by atoms with Crippen molar-refractivity contribution in [1.82, 2.24) is 15.6 Å². The number of benzene rings is 2. The molecule has 0 spiro atoms. The molecule has 28 heavy (non-hydrogen) atoms. The highest BCUT2D eigenvalue weighted by Crippen LogP contribution is 2.18. The van der Waals surface area contributed by atoms with Gasteiger partial charge in [-0.15, -0.1) is 0 Å². The fourth-order valence-corrected chi connectivity index (χ4v) is 2.29. The molecular weight excluding hydrogens is 367 g/mol. The second kappa shape index (κ2) is 8.58. The molecule has 3 rings (SSSR count). The van der Waals surface area contributed by atoms with Gasteiger partial charge in [0.2, 0.25) is 0 Å². The van der Waals surface area contributed by atoms with E-state index in [1.807, 2.05) is 0 Å². The van der Waals surface area contributed by atoms with Crippen LogP contribution < -0.4 is 10.2 Å². The van der Waals surface area contributed by atoms with Gasteiger partial charge in [-0.05, 0) is 42.5 Å². The van der Waals surface area contributed by atoms with Crippen molar-refractivity contribution in [2.75, 3.05) is 6.61 Å². The summed E-state index contributed by atoms with van der Waals surface area (Å²) in [6.45, 7) is -0.489. The van der Waals surface area contributed by atoms with Crippen LogP contribution in [-0.2, 0) is 4.79 Å². The zero-order valence-corrected chi connectivity index (χ0v) is 14.4. The summed E-state index contributed by atoms with van der Waals surface area (Å²) in [7, 11) is 0. The number of aromatic nitrogens is 2. The van der Waals surface area contributed by atoms with Gasteiger partial charge in [-0.25, -0.2) is 14.6 Å². The van der Waals surface area contributed by atoms with E-state index in [0.29, 0.717) is 22.6 Å². The molecule has 1 aromatic heterocycles. The van der Waals surface area contributed by atoms with Crippen molar-refractivity contribution in [2.45, 2.75) is 0 Å². The molecule has 0 bridgehead atoms.